The second-order valence-electron chi connectivity index (χ2n) is 3.93. The molecule has 0 atom stereocenters. The molecule has 0 aliphatic carbocycles. The van der Waals surface area contributed by atoms with Crippen molar-refractivity contribution in [3.8, 4) is 0 Å². The first-order chi connectivity index (χ1) is 7.41. The van der Waals surface area contributed by atoms with Gasteiger partial charge in [-0.1, -0.05) is 82.5 Å². The molecule has 90 valence electrons. The molecule has 0 fully saturated rings. The highest BCUT2D eigenvalue weighted by Crippen LogP contribution is 2.10. The summed E-state index contributed by atoms with van der Waals surface area (Å²) in [6, 6.07) is 0. The molecule has 0 spiro atoms. The minimum atomic E-state index is 1.00. The maximum atomic E-state index is 3.46. The quantitative estimate of drug-likeness (QED) is 0.252. The third-order valence-electron chi connectivity index (χ3n) is 2.51. The van der Waals surface area contributed by atoms with Gasteiger partial charge in [-0.15, -0.1) is 0 Å². The number of halogens is 2. The molecule has 0 nitrogen and oxygen atoms in total. The Balaban J connectivity index is 2.89. The van der Waals surface area contributed by atoms with Crippen molar-refractivity contribution in [1.29, 1.82) is 0 Å². The number of alkyl halides is 2. The van der Waals surface area contributed by atoms with E-state index in [2.05, 4.69) is 44.0 Å². The number of allylic oxidation sites excluding steroid dienone is 2. The van der Waals surface area contributed by atoms with Crippen molar-refractivity contribution < 1.29 is 0 Å². The highest BCUT2D eigenvalue weighted by Gasteiger charge is 1.91. The van der Waals surface area contributed by atoms with Crippen LogP contribution in [0.5, 0.6) is 0 Å². The lowest BCUT2D eigenvalue weighted by Crippen LogP contribution is -1.81. The van der Waals surface area contributed by atoms with E-state index in [1.54, 1.807) is 0 Å². The zero-order valence-corrected chi connectivity index (χ0v) is 12.9. The molecule has 0 aromatic carbocycles. The molecule has 0 bridgehead atoms. The molecule has 0 saturated carbocycles. The van der Waals surface area contributed by atoms with Gasteiger partial charge in [-0.3, -0.25) is 0 Å². The van der Waals surface area contributed by atoms with Crippen molar-refractivity contribution in [2.45, 2.75) is 57.8 Å². The SMILES string of the molecule is BrCC=CCCCCCCCCCCBr. The predicted octanol–water partition coefficient (Wildman–Crippen LogP) is 5.84. The summed E-state index contributed by atoms with van der Waals surface area (Å²) in [6.07, 6.45) is 17.0. The van der Waals surface area contributed by atoms with E-state index in [9.17, 15) is 0 Å². The minimum Gasteiger partial charge on any atom is -0.0928 e. The van der Waals surface area contributed by atoms with Crippen molar-refractivity contribution in [3.63, 3.8) is 0 Å². The van der Waals surface area contributed by atoms with E-state index in [4.69, 9.17) is 0 Å². The Morgan fingerprint density at radius 1 is 0.600 bits per heavy atom. The fraction of sp³-hybridized carbons (Fsp3) is 0.846. The first kappa shape index (κ1) is 15.7. The van der Waals surface area contributed by atoms with Gasteiger partial charge < -0.3 is 0 Å². The topological polar surface area (TPSA) is 0 Å². The second kappa shape index (κ2) is 14.7. The van der Waals surface area contributed by atoms with Crippen LogP contribution in [0, 0.1) is 0 Å². The maximum absolute atomic E-state index is 3.46. The van der Waals surface area contributed by atoms with E-state index in [1.807, 2.05) is 0 Å². The average molecular weight is 340 g/mol. The van der Waals surface area contributed by atoms with E-state index < -0.39 is 0 Å². The van der Waals surface area contributed by atoms with Crippen LogP contribution in [0.25, 0.3) is 0 Å². The smallest absolute Gasteiger partial charge is 0.0212 e. The van der Waals surface area contributed by atoms with E-state index in [1.165, 1.54) is 63.1 Å². The molecule has 0 rings (SSSR count). The van der Waals surface area contributed by atoms with Crippen molar-refractivity contribution in [2.75, 3.05) is 10.7 Å². The Morgan fingerprint density at radius 3 is 1.67 bits per heavy atom. The standard InChI is InChI=1S/C13H24Br2/c14-12-10-8-6-4-2-1-3-5-7-9-11-13-15/h8,10H,1-7,9,11-13H2. The first-order valence-corrected chi connectivity index (χ1v) is 8.43. The number of rotatable bonds is 11. The number of hydrogen-bond donors (Lipinski definition) is 0. The highest BCUT2D eigenvalue weighted by atomic mass is 79.9. The summed E-state index contributed by atoms with van der Waals surface area (Å²) >= 11 is 6.85. The molecule has 0 unspecified atom stereocenters. The molecule has 0 aromatic rings. The van der Waals surface area contributed by atoms with Crippen LogP contribution in [0.3, 0.4) is 0 Å². The summed E-state index contributed by atoms with van der Waals surface area (Å²) in [4.78, 5) is 0. The molecule has 0 N–H and O–H groups in total. The minimum absolute atomic E-state index is 1.00. The molecule has 0 aliphatic heterocycles. The molecule has 0 amide bonds. The van der Waals surface area contributed by atoms with Crippen LogP contribution in [0.15, 0.2) is 12.2 Å². The summed E-state index contributed by atoms with van der Waals surface area (Å²) in [5.41, 5.74) is 0. The van der Waals surface area contributed by atoms with Crippen molar-refractivity contribution >= 4 is 31.9 Å². The summed E-state index contributed by atoms with van der Waals surface area (Å²) in [5.74, 6) is 0. The third kappa shape index (κ3) is 14.7. The summed E-state index contributed by atoms with van der Waals surface area (Å²) in [6.45, 7) is 0. The normalized spacial score (nSPS) is 11.3. The number of hydrogen-bond acceptors (Lipinski definition) is 0. The Morgan fingerprint density at radius 2 is 1.13 bits per heavy atom. The molecule has 2 heteroatoms. The van der Waals surface area contributed by atoms with Crippen molar-refractivity contribution in [1.82, 2.24) is 0 Å². The average Bonchev–Trinajstić information content (AvgIpc) is 2.26. The molecular weight excluding hydrogens is 316 g/mol. The van der Waals surface area contributed by atoms with E-state index in [0.29, 0.717) is 0 Å². The Hall–Kier alpha value is 0.700. The van der Waals surface area contributed by atoms with Gasteiger partial charge in [0, 0.05) is 10.7 Å². The van der Waals surface area contributed by atoms with Crippen LogP contribution in [0.1, 0.15) is 57.8 Å². The van der Waals surface area contributed by atoms with Gasteiger partial charge in [0.2, 0.25) is 0 Å². The van der Waals surface area contributed by atoms with Gasteiger partial charge in [0.25, 0.3) is 0 Å². The maximum Gasteiger partial charge on any atom is 0.0212 e. The Labute approximate surface area is 112 Å². The van der Waals surface area contributed by atoms with Gasteiger partial charge in [-0.05, 0) is 19.3 Å². The lowest BCUT2D eigenvalue weighted by atomic mass is 10.1. The van der Waals surface area contributed by atoms with Gasteiger partial charge in [0.05, 0.1) is 0 Å². The van der Waals surface area contributed by atoms with E-state index in [-0.39, 0.29) is 0 Å². The monoisotopic (exact) mass is 338 g/mol. The predicted molar refractivity (Wildman–Crippen MR) is 78.3 cm³/mol. The third-order valence-corrected chi connectivity index (χ3v) is 3.44. The van der Waals surface area contributed by atoms with Crippen LogP contribution in [0.4, 0.5) is 0 Å². The molecule has 0 heterocycles. The summed E-state index contributed by atoms with van der Waals surface area (Å²) < 4.78 is 0. The summed E-state index contributed by atoms with van der Waals surface area (Å²) in [5, 5.41) is 2.17. The highest BCUT2D eigenvalue weighted by molar-refractivity contribution is 9.09. The van der Waals surface area contributed by atoms with Gasteiger partial charge in [0.1, 0.15) is 0 Å². The molecule has 0 aromatic heterocycles. The van der Waals surface area contributed by atoms with Crippen LogP contribution < -0.4 is 0 Å². The van der Waals surface area contributed by atoms with Crippen LogP contribution >= 0.6 is 31.9 Å². The Bertz CT molecular complexity index is 132. The lowest BCUT2D eigenvalue weighted by molar-refractivity contribution is 0.579. The van der Waals surface area contributed by atoms with Gasteiger partial charge in [-0.25, -0.2) is 0 Å². The zero-order valence-electron chi connectivity index (χ0n) is 9.69. The summed E-state index contributed by atoms with van der Waals surface area (Å²) in [7, 11) is 0. The second-order valence-corrected chi connectivity index (χ2v) is 5.37. The molecule has 0 aliphatic rings. The fourth-order valence-electron chi connectivity index (χ4n) is 1.60. The lowest BCUT2D eigenvalue weighted by Gasteiger charge is -2.00. The molecule has 0 radical (unpaired) electrons. The molecule has 15 heavy (non-hydrogen) atoms. The number of unbranched alkanes of at least 4 members (excludes halogenated alkanes) is 8. The largest absolute Gasteiger partial charge is 0.0928 e. The Kier molecular flexibility index (Phi) is 15.4. The van der Waals surface area contributed by atoms with E-state index in [0.717, 1.165) is 5.33 Å². The first-order valence-electron chi connectivity index (χ1n) is 6.18. The van der Waals surface area contributed by atoms with E-state index >= 15 is 0 Å². The van der Waals surface area contributed by atoms with Gasteiger partial charge in [0.15, 0.2) is 0 Å². The fourth-order valence-corrected chi connectivity index (χ4v) is 2.26. The van der Waals surface area contributed by atoms with Gasteiger partial charge >= 0.3 is 0 Å². The molecular formula is C13H24Br2. The van der Waals surface area contributed by atoms with Crippen LogP contribution in [0.2, 0.25) is 0 Å². The van der Waals surface area contributed by atoms with Gasteiger partial charge in [-0.2, -0.15) is 0 Å². The molecule has 0 saturated heterocycles. The van der Waals surface area contributed by atoms with Crippen molar-refractivity contribution in [2.24, 2.45) is 0 Å². The zero-order chi connectivity index (χ0) is 11.2. The van der Waals surface area contributed by atoms with Crippen LogP contribution in [-0.2, 0) is 0 Å². The van der Waals surface area contributed by atoms with Crippen molar-refractivity contribution in [3.05, 3.63) is 12.2 Å². The van der Waals surface area contributed by atoms with Crippen LogP contribution in [-0.4, -0.2) is 10.7 Å².